The van der Waals surface area contributed by atoms with Crippen molar-refractivity contribution < 1.29 is 9.53 Å². The van der Waals surface area contributed by atoms with Gasteiger partial charge in [-0.15, -0.1) is 0 Å². The minimum atomic E-state index is 0.136. The molecule has 0 saturated carbocycles. The molecule has 1 amide bonds. The zero-order valence-corrected chi connectivity index (χ0v) is 18.8. The van der Waals surface area contributed by atoms with Gasteiger partial charge in [0.2, 0.25) is 5.91 Å². The van der Waals surface area contributed by atoms with E-state index < -0.39 is 0 Å². The van der Waals surface area contributed by atoms with E-state index >= 15 is 0 Å². The van der Waals surface area contributed by atoms with Crippen LogP contribution in [0.4, 0.5) is 0 Å². The van der Waals surface area contributed by atoms with Crippen molar-refractivity contribution in [1.29, 1.82) is 0 Å². The summed E-state index contributed by atoms with van der Waals surface area (Å²) >= 11 is 0. The highest BCUT2D eigenvalue weighted by Crippen LogP contribution is 2.24. The van der Waals surface area contributed by atoms with E-state index in [9.17, 15) is 4.79 Å². The summed E-state index contributed by atoms with van der Waals surface area (Å²) in [5.74, 6) is 2.43. The number of nitrogens with one attached hydrogen (secondary N) is 2. The van der Waals surface area contributed by atoms with Crippen LogP contribution in [0.3, 0.4) is 0 Å². The molecule has 2 rings (SSSR count). The minimum absolute atomic E-state index is 0.136. The zero-order chi connectivity index (χ0) is 21.3. The molecule has 6 heteroatoms. The minimum Gasteiger partial charge on any atom is -0.492 e. The van der Waals surface area contributed by atoms with Crippen LogP contribution in [-0.2, 0) is 10.2 Å². The molecule has 1 aromatic carbocycles. The van der Waals surface area contributed by atoms with E-state index in [1.807, 2.05) is 12.1 Å². The number of hydrogen-bond donors (Lipinski definition) is 2. The first-order chi connectivity index (χ1) is 13.8. The molecule has 1 aliphatic rings. The average molecular weight is 403 g/mol. The smallest absolute Gasteiger partial charge is 0.220 e. The van der Waals surface area contributed by atoms with Crippen LogP contribution in [0.15, 0.2) is 29.3 Å². The van der Waals surface area contributed by atoms with Crippen molar-refractivity contribution in [1.82, 2.24) is 15.5 Å². The molecule has 6 nitrogen and oxygen atoms in total. The van der Waals surface area contributed by atoms with Crippen molar-refractivity contribution in [2.45, 2.75) is 52.4 Å². The molecule has 1 heterocycles. The molecule has 0 spiro atoms. The van der Waals surface area contributed by atoms with Crippen LogP contribution in [0.2, 0.25) is 0 Å². The quantitative estimate of drug-likeness (QED) is 0.418. The lowest BCUT2D eigenvalue weighted by Crippen LogP contribution is -2.46. The number of rotatable bonds is 7. The van der Waals surface area contributed by atoms with Gasteiger partial charge in [0.05, 0.1) is 6.54 Å². The van der Waals surface area contributed by atoms with Crippen LogP contribution in [0.25, 0.3) is 0 Å². The normalized spacial score (nSPS) is 15.9. The fraction of sp³-hybridized carbons (Fsp3) is 0.652. The second kappa shape index (κ2) is 11.1. The second-order valence-electron chi connectivity index (χ2n) is 8.67. The first-order valence-corrected chi connectivity index (χ1v) is 10.8. The van der Waals surface area contributed by atoms with E-state index in [1.54, 1.807) is 7.05 Å². The van der Waals surface area contributed by atoms with Crippen LogP contribution in [-0.4, -0.2) is 56.6 Å². The van der Waals surface area contributed by atoms with Crippen LogP contribution in [0.5, 0.6) is 5.75 Å². The highest BCUT2D eigenvalue weighted by atomic mass is 16.5. The molecule has 1 aliphatic heterocycles. The van der Waals surface area contributed by atoms with Gasteiger partial charge in [0, 0.05) is 33.1 Å². The Bertz CT molecular complexity index is 656. The molecule has 0 atom stereocenters. The van der Waals surface area contributed by atoms with E-state index in [1.165, 1.54) is 5.56 Å². The van der Waals surface area contributed by atoms with Crippen molar-refractivity contribution in [3.63, 3.8) is 0 Å². The summed E-state index contributed by atoms with van der Waals surface area (Å²) in [6.07, 6.45) is 2.67. The lowest BCUT2D eigenvalue weighted by Gasteiger charge is -2.34. The number of carbonyl (C=O) groups excluding carboxylic acids is 1. The molecule has 0 bridgehead atoms. The summed E-state index contributed by atoms with van der Waals surface area (Å²) in [6, 6.07) is 8.33. The lowest BCUT2D eigenvalue weighted by atomic mass is 9.87. The monoisotopic (exact) mass is 402 g/mol. The van der Waals surface area contributed by atoms with Gasteiger partial charge in [0.1, 0.15) is 12.4 Å². The fourth-order valence-electron chi connectivity index (χ4n) is 3.51. The van der Waals surface area contributed by atoms with Gasteiger partial charge in [-0.25, -0.2) is 4.99 Å². The maximum absolute atomic E-state index is 11.6. The van der Waals surface area contributed by atoms with E-state index in [4.69, 9.17) is 9.73 Å². The van der Waals surface area contributed by atoms with Gasteiger partial charge in [-0.1, -0.05) is 32.9 Å². The fourth-order valence-corrected chi connectivity index (χ4v) is 3.51. The number of nitrogens with zero attached hydrogens (tertiary/aromatic N) is 2. The first kappa shape index (κ1) is 23.0. The van der Waals surface area contributed by atoms with Crippen LogP contribution in [0.1, 0.15) is 52.5 Å². The third kappa shape index (κ3) is 7.59. The van der Waals surface area contributed by atoms with Gasteiger partial charge in [0.15, 0.2) is 5.96 Å². The molecule has 1 aromatic rings. The maximum atomic E-state index is 11.6. The van der Waals surface area contributed by atoms with Crippen molar-refractivity contribution in [2.24, 2.45) is 10.9 Å². The average Bonchev–Trinajstić information content (AvgIpc) is 2.70. The number of guanidine groups is 1. The maximum Gasteiger partial charge on any atom is 0.220 e. The Morgan fingerprint density at radius 2 is 1.86 bits per heavy atom. The molecular weight excluding hydrogens is 364 g/mol. The Morgan fingerprint density at radius 3 is 2.41 bits per heavy atom. The van der Waals surface area contributed by atoms with Crippen LogP contribution in [0, 0.1) is 5.92 Å². The Balaban J connectivity index is 1.81. The Labute approximate surface area is 176 Å². The topological polar surface area (TPSA) is 66.0 Å². The number of amides is 1. The zero-order valence-electron chi connectivity index (χ0n) is 18.8. The van der Waals surface area contributed by atoms with Crippen molar-refractivity contribution >= 4 is 11.9 Å². The Morgan fingerprint density at radius 1 is 1.21 bits per heavy atom. The number of piperidine rings is 1. The summed E-state index contributed by atoms with van der Waals surface area (Å²) in [5, 5.41) is 6.11. The number of benzene rings is 1. The second-order valence-corrected chi connectivity index (χ2v) is 8.67. The first-order valence-electron chi connectivity index (χ1n) is 10.8. The van der Waals surface area contributed by atoms with E-state index in [0.29, 0.717) is 25.5 Å². The Hall–Kier alpha value is -2.24. The molecular formula is C23H38N4O2. The van der Waals surface area contributed by atoms with Crippen molar-refractivity contribution in [3.05, 3.63) is 29.8 Å². The van der Waals surface area contributed by atoms with E-state index in [-0.39, 0.29) is 11.3 Å². The number of likely N-dealkylation sites (tertiary alicyclic amines) is 1. The molecule has 162 valence electrons. The van der Waals surface area contributed by atoms with E-state index in [0.717, 1.165) is 44.2 Å². The standard InChI is InChI=1S/C23H38N4O2/c1-6-25-22(27-14-11-18(12-15-27)17-21(28)24-5)26-13-16-29-20-9-7-19(8-10-20)23(2,3)4/h7-10,18H,6,11-17H2,1-5H3,(H,24,28)(H,25,26). The van der Waals surface area contributed by atoms with Crippen molar-refractivity contribution in [2.75, 3.05) is 39.8 Å². The highest BCUT2D eigenvalue weighted by Gasteiger charge is 2.23. The third-order valence-electron chi connectivity index (χ3n) is 5.34. The van der Waals surface area contributed by atoms with Gasteiger partial charge < -0.3 is 20.3 Å². The number of hydrogen-bond acceptors (Lipinski definition) is 3. The molecule has 2 N–H and O–H groups in total. The van der Waals surface area contributed by atoms with Gasteiger partial charge in [0.25, 0.3) is 0 Å². The lowest BCUT2D eigenvalue weighted by molar-refractivity contribution is -0.121. The molecule has 0 radical (unpaired) electrons. The molecule has 0 aromatic heterocycles. The Kier molecular flexibility index (Phi) is 8.80. The number of carbonyl (C=O) groups is 1. The molecule has 29 heavy (non-hydrogen) atoms. The van der Waals surface area contributed by atoms with Gasteiger partial charge >= 0.3 is 0 Å². The van der Waals surface area contributed by atoms with Crippen LogP contribution >= 0.6 is 0 Å². The van der Waals surface area contributed by atoms with Gasteiger partial charge in [-0.05, 0) is 48.8 Å². The van der Waals surface area contributed by atoms with Crippen LogP contribution < -0.4 is 15.4 Å². The largest absolute Gasteiger partial charge is 0.492 e. The molecule has 1 fully saturated rings. The highest BCUT2D eigenvalue weighted by molar-refractivity contribution is 5.80. The number of aliphatic imine (C=N–C) groups is 1. The summed E-state index contributed by atoms with van der Waals surface area (Å²) in [4.78, 5) is 18.6. The molecule has 0 unspecified atom stereocenters. The SMILES string of the molecule is CCNC(=NCCOc1ccc(C(C)(C)C)cc1)N1CCC(CC(=O)NC)CC1. The predicted octanol–water partition coefficient (Wildman–Crippen LogP) is 3.18. The van der Waals surface area contributed by atoms with Crippen molar-refractivity contribution in [3.8, 4) is 5.75 Å². The summed E-state index contributed by atoms with van der Waals surface area (Å²) in [5.41, 5.74) is 1.45. The molecule has 0 aliphatic carbocycles. The predicted molar refractivity (Wildman–Crippen MR) is 120 cm³/mol. The summed E-state index contributed by atoms with van der Waals surface area (Å²) in [7, 11) is 1.70. The summed E-state index contributed by atoms with van der Waals surface area (Å²) < 4.78 is 5.86. The van der Waals surface area contributed by atoms with E-state index in [2.05, 4.69) is 55.4 Å². The molecule has 1 saturated heterocycles. The summed E-state index contributed by atoms with van der Waals surface area (Å²) in [6.45, 7) is 12.6. The van der Waals surface area contributed by atoms with Gasteiger partial charge in [-0.2, -0.15) is 0 Å². The van der Waals surface area contributed by atoms with Gasteiger partial charge in [-0.3, -0.25) is 4.79 Å². The number of ether oxygens (including phenoxy) is 1. The third-order valence-corrected chi connectivity index (χ3v) is 5.34.